The first kappa shape index (κ1) is 14.5. The van der Waals surface area contributed by atoms with Crippen LogP contribution in [0.15, 0.2) is 0 Å². The predicted octanol–water partition coefficient (Wildman–Crippen LogP) is 0.964. The maximum absolute atomic E-state index is 11.8. The maximum atomic E-state index is 11.8. The van der Waals surface area contributed by atoms with Gasteiger partial charge in [0.15, 0.2) is 0 Å². The summed E-state index contributed by atoms with van der Waals surface area (Å²) in [5, 5.41) is 2.98. The molecule has 0 radical (unpaired) electrons. The molecule has 1 saturated heterocycles. The Morgan fingerprint density at radius 1 is 1.24 bits per heavy atom. The van der Waals surface area contributed by atoms with Crippen molar-refractivity contribution in [1.82, 2.24) is 10.2 Å². The second kappa shape index (κ2) is 6.97. The summed E-state index contributed by atoms with van der Waals surface area (Å²) < 4.78 is 0. The van der Waals surface area contributed by atoms with Gasteiger partial charge >= 0.3 is 0 Å². The van der Waals surface area contributed by atoms with Crippen LogP contribution < -0.4 is 11.1 Å². The topological polar surface area (TPSA) is 58.4 Å². The molecule has 1 amide bonds. The number of hydrogen-bond acceptors (Lipinski definition) is 3. The zero-order valence-corrected chi connectivity index (χ0v) is 11.3. The molecule has 0 aromatic heterocycles. The van der Waals surface area contributed by atoms with Crippen molar-refractivity contribution in [3.8, 4) is 0 Å². The number of nitrogens with two attached hydrogens (primary N) is 1. The van der Waals surface area contributed by atoms with Crippen LogP contribution in [-0.4, -0.2) is 43.5 Å². The number of nitrogens with one attached hydrogen (secondary N) is 1. The third-order valence-electron chi connectivity index (χ3n) is 3.54. The highest BCUT2D eigenvalue weighted by molar-refractivity contribution is 5.81. The first-order valence-electron chi connectivity index (χ1n) is 6.77. The van der Waals surface area contributed by atoms with Crippen LogP contribution in [0.5, 0.6) is 0 Å². The molecule has 1 rings (SSSR count). The zero-order valence-electron chi connectivity index (χ0n) is 11.3. The lowest BCUT2D eigenvalue weighted by Crippen LogP contribution is -2.44. The largest absolute Gasteiger partial charge is 0.354 e. The molecule has 1 aliphatic heterocycles. The van der Waals surface area contributed by atoms with Crippen molar-refractivity contribution in [3.05, 3.63) is 0 Å². The molecule has 3 N–H and O–H groups in total. The second-order valence-corrected chi connectivity index (χ2v) is 5.60. The molecule has 0 saturated carbocycles. The zero-order chi connectivity index (χ0) is 12.7. The van der Waals surface area contributed by atoms with Gasteiger partial charge in [-0.1, -0.05) is 12.8 Å². The lowest BCUT2D eigenvalue weighted by molar-refractivity contribution is -0.128. The van der Waals surface area contributed by atoms with E-state index in [1.807, 2.05) is 13.8 Å². The van der Waals surface area contributed by atoms with Crippen LogP contribution in [0.1, 0.15) is 39.5 Å². The molecule has 0 aliphatic carbocycles. The molecule has 1 aliphatic rings. The van der Waals surface area contributed by atoms with Crippen LogP contribution in [0, 0.1) is 5.41 Å². The van der Waals surface area contributed by atoms with Gasteiger partial charge in [-0.05, 0) is 39.8 Å². The van der Waals surface area contributed by atoms with E-state index in [1.165, 1.54) is 38.8 Å². The van der Waals surface area contributed by atoms with Crippen LogP contribution in [0.25, 0.3) is 0 Å². The molecule has 0 atom stereocenters. The van der Waals surface area contributed by atoms with Crippen LogP contribution in [0.2, 0.25) is 0 Å². The van der Waals surface area contributed by atoms with Crippen LogP contribution in [0.3, 0.4) is 0 Å². The average Bonchev–Trinajstić information content (AvgIpc) is 2.57. The molecular formula is C13H27N3O. The van der Waals surface area contributed by atoms with Crippen molar-refractivity contribution in [2.45, 2.75) is 39.5 Å². The highest BCUT2D eigenvalue weighted by Crippen LogP contribution is 2.12. The van der Waals surface area contributed by atoms with Gasteiger partial charge in [-0.2, -0.15) is 0 Å². The van der Waals surface area contributed by atoms with Gasteiger partial charge in [0.25, 0.3) is 0 Å². The summed E-state index contributed by atoms with van der Waals surface area (Å²) >= 11 is 0. The summed E-state index contributed by atoms with van der Waals surface area (Å²) in [5.41, 5.74) is 5.13. The molecule has 17 heavy (non-hydrogen) atoms. The van der Waals surface area contributed by atoms with Gasteiger partial charge in [0, 0.05) is 19.6 Å². The highest BCUT2D eigenvalue weighted by Gasteiger charge is 2.25. The molecule has 0 spiro atoms. The number of nitrogens with zero attached hydrogens (tertiary/aromatic N) is 1. The first-order valence-corrected chi connectivity index (χ1v) is 6.77. The quantitative estimate of drug-likeness (QED) is 0.754. The lowest BCUT2D eigenvalue weighted by atomic mass is 9.93. The van der Waals surface area contributed by atoms with Gasteiger partial charge < -0.3 is 16.0 Å². The van der Waals surface area contributed by atoms with Gasteiger partial charge in [-0.25, -0.2) is 0 Å². The summed E-state index contributed by atoms with van der Waals surface area (Å²) in [6, 6.07) is 0. The van der Waals surface area contributed by atoms with Crippen molar-refractivity contribution in [2.24, 2.45) is 11.1 Å². The van der Waals surface area contributed by atoms with Crippen LogP contribution in [0.4, 0.5) is 0 Å². The Balaban J connectivity index is 2.20. The minimum absolute atomic E-state index is 0.0646. The molecule has 0 aromatic rings. The smallest absolute Gasteiger partial charge is 0.226 e. The number of carbonyl (C=O) groups is 1. The van der Waals surface area contributed by atoms with Crippen molar-refractivity contribution < 1.29 is 4.79 Å². The highest BCUT2D eigenvalue weighted by atomic mass is 16.2. The van der Waals surface area contributed by atoms with Crippen molar-refractivity contribution in [1.29, 1.82) is 0 Å². The average molecular weight is 241 g/mol. The van der Waals surface area contributed by atoms with E-state index in [0.29, 0.717) is 6.54 Å². The minimum Gasteiger partial charge on any atom is -0.354 e. The second-order valence-electron chi connectivity index (χ2n) is 5.60. The lowest BCUT2D eigenvalue weighted by Gasteiger charge is -2.24. The van der Waals surface area contributed by atoms with Crippen molar-refractivity contribution in [3.63, 3.8) is 0 Å². The summed E-state index contributed by atoms with van der Waals surface area (Å²) in [4.78, 5) is 14.2. The van der Waals surface area contributed by atoms with E-state index >= 15 is 0 Å². The number of carbonyl (C=O) groups excluding carboxylic acids is 1. The molecule has 4 nitrogen and oxygen atoms in total. The summed E-state index contributed by atoms with van der Waals surface area (Å²) in [6.45, 7) is 8.21. The summed E-state index contributed by atoms with van der Waals surface area (Å²) in [7, 11) is 0. The number of likely N-dealkylation sites (tertiary alicyclic amines) is 1. The van der Waals surface area contributed by atoms with E-state index in [2.05, 4.69) is 10.2 Å². The van der Waals surface area contributed by atoms with Gasteiger partial charge in [0.2, 0.25) is 5.91 Å². The van der Waals surface area contributed by atoms with Gasteiger partial charge in [0.1, 0.15) is 0 Å². The molecule has 1 heterocycles. The molecule has 100 valence electrons. The van der Waals surface area contributed by atoms with Crippen molar-refractivity contribution in [2.75, 3.05) is 32.7 Å². The third-order valence-corrected chi connectivity index (χ3v) is 3.54. The Labute approximate surface area is 105 Å². The number of hydrogen-bond donors (Lipinski definition) is 2. The van der Waals surface area contributed by atoms with Gasteiger partial charge in [0.05, 0.1) is 5.41 Å². The Morgan fingerprint density at radius 2 is 1.82 bits per heavy atom. The number of amides is 1. The summed E-state index contributed by atoms with van der Waals surface area (Å²) in [6.07, 6.45) is 5.29. The number of rotatable bonds is 5. The predicted molar refractivity (Wildman–Crippen MR) is 70.8 cm³/mol. The Kier molecular flexibility index (Phi) is 5.92. The molecule has 1 fully saturated rings. The minimum atomic E-state index is -0.446. The van der Waals surface area contributed by atoms with Crippen molar-refractivity contribution >= 4 is 5.91 Å². The van der Waals surface area contributed by atoms with E-state index in [9.17, 15) is 4.79 Å². The van der Waals surface area contributed by atoms with E-state index in [0.717, 1.165) is 13.1 Å². The maximum Gasteiger partial charge on any atom is 0.226 e. The fraction of sp³-hybridized carbons (Fsp3) is 0.923. The Bertz CT molecular complexity index is 233. The third kappa shape index (κ3) is 5.04. The Morgan fingerprint density at radius 3 is 2.35 bits per heavy atom. The van der Waals surface area contributed by atoms with E-state index < -0.39 is 5.41 Å². The standard InChI is InChI=1S/C13H27N3O/c1-13(2,11-14)12(17)15-7-10-16-8-5-3-4-6-9-16/h3-11,14H2,1-2H3,(H,15,17). The van der Waals surface area contributed by atoms with Crippen LogP contribution >= 0.6 is 0 Å². The SMILES string of the molecule is CC(C)(CN)C(=O)NCCN1CCCCCC1. The van der Waals surface area contributed by atoms with Gasteiger partial charge in [-0.3, -0.25) is 4.79 Å². The van der Waals surface area contributed by atoms with E-state index in [-0.39, 0.29) is 5.91 Å². The molecule has 0 aromatic carbocycles. The molecule has 0 bridgehead atoms. The Hall–Kier alpha value is -0.610. The van der Waals surface area contributed by atoms with Crippen LogP contribution in [-0.2, 0) is 4.79 Å². The van der Waals surface area contributed by atoms with E-state index in [4.69, 9.17) is 5.73 Å². The van der Waals surface area contributed by atoms with Gasteiger partial charge in [-0.15, -0.1) is 0 Å². The fourth-order valence-corrected chi connectivity index (χ4v) is 2.02. The molecule has 0 unspecified atom stereocenters. The summed E-state index contributed by atoms with van der Waals surface area (Å²) in [5.74, 6) is 0.0646. The van der Waals surface area contributed by atoms with E-state index in [1.54, 1.807) is 0 Å². The molecular weight excluding hydrogens is 214 g/mol. The molecule has 4 heteroatoms. The normalized spacial score (nSPS) is 18.8. The monoisotopic (exact) mass is 241 g/mol. The fourth-order valence-electron chi connectivity index (χ4n) is 2.02. The first-order chi connectivity index (χ1) is 8.06.